The second-order valence-electron chi connectivity index (χ2n) is 7.14. The summed E-state index contributed by atoms with van der Waals surface area (Å²) in [6.07, 6.45) is 2.97. The summed E-state index contributed by atoms with van der Waals surface area (Å²) in [5.41, 5.74) is 3.50. The van der Waals surface area contributed by atoms with E-state index in [4.69, 9.17) is 4.74 Å². The van der Waals surface area contributed by atoms with E-state index >= 15 is 0 Å². The van der Waals surface area contributed by atoms with E-state index in [1.807, 2.05) is 41.3 Å². The Morgan fingerprint density at radius 1 is 1.14 bits per heavy atom. The number of carbonyl (C=O) groups excluding carboxylic acids is 1. The molecular weight excluding hydrogens is 352 g/mol. The maximum Gasteiger partial charge on any atom is 0.246 e. The van der Waals surface area contributed by atoms with E-state index in [1.54, 1.807) is 7.05 Å². The van der Waals surface area contributed by atoms with Crippen LogP contribution in [0.4, 0.5) is 5.69 Å². The van der Waals surface area contributed by atoms with Crippen molar-refractivity contribution in [2.75, 3.05) is 31.6 Å². The van der Waals surface area contributed by atoms with Crippen LogP contribution in [0, 0.1) is 0 Å². The van der Waals surface area contributed by atoms with Crippen LogP contribution >= 0.6 is 0 Å². The maximum absolute atomic E-state index is 12.7. The van der Waals surface area contributed by atoms with Crippen LogP contribution in [-0.2, 0) is 17.6 Å². The predicted molar refractivity (Wildman–Crippen MR) is 111 cm³/mol. The highest BCUT2D eigenvalue weighted by atomic mass is 16.5. The zero-order valence-electron chi connectivity index (χ0n) is 16.1. The Labute approximate surface area is 165 Å². The van der Waals surface area contributed by atoms with Gasteiger partial charge < -0.3 is 20.3 Å². The minimum atomic E-state index is 0.0552. The van der Waals surface area contributed by atoms with Gasteiger partial charge in [-0.1, -0.05) is 36.4 Å². The molecule has 2 N–H and O–H groups in total. The summed E-state index contributed by atoms with van der Waals surface area (Å²) in [7, 11) is 1.71. The Morgan fingerprint density at radius 3 is 2.75 bits per heavy atom. The average molecular weight is 378 g/mol. The number of benzene rings is 2. The van der Waals surface area contributed by atoms with Crippen molar-refractivity contribution < 1.29 is 9.53 Å². The van der Waals surface area contributed by atoms with Crippen LogP contribution in [0.2, 0.25) is 0 Å². The molecule has 4 rings (SSSR count). The molecule has 6 nitrogen and oxygen atoms in total. The highest BCUT2D eigenvalue weighted by molar-refractivity contribution is 5.98. The summed E-state index contributed by atoms with van der Waals surface area (Å²) in [6.45, 7) is 1.60. The second kappa shape index (κ2) is 8.33. The molecule has 2 aromatic rings. The molecule has 0 spiro atoms. The molecule has 2 aliphatic heterocycles. The number of para-hydroxylation sites is 2. The van der Waals surface area contributed by atoms with Crippen LogP contribution < -0.4 is 20.3 Å². The van der Waals surface area contributed by atoms with Crippen LogP contribution in [0.15, 0.2) is 53.5 Å². The first-order chi connectivity index (χ1) is 13.7. The van der Waals surface area contributed by atoms with Crippen molar-refractivity contribution in [1.29, 1.82) is 0 Å². The summed E-state index contributed by atoms with van der Waals surface area (Å²) >= 11 is 0. The third-order valence-corrected chi connectivity index (χ3v) is 5.25. The van der Waals surface area contributed by atoms with E-state index in [0.29, 0.717) is 12.5 Å². The van der Waals surface area contributed by atoms with Gasteiger partial charge in [-0.05, 0) is 36.1 Å². The number of amides is 1. The first-order valence-corrected chi connectivity index (χ1v) is 9.82. The average Bonchev–Trinajstić information content (AvgIpc) is 3.16. The molecule has 2 aliphatic rings. The number of hydrogen-bond donors (Lipinski definition) is 2. The van der Waals surface area contributed by atoms with Gasteiger partial charge in [0.05, 0.1) is 13.1 Å². The van der Waals surface area contributed by atoms with Gasteiger partial charge in [-0.3, -0.25) is 9.79 Å². The van der Waals surface area contributed by atoms with Crippen LogP contribution in [0.5, 0.6) is 5.75 Å². The Kier molecular flexibility index (Phi) is 5.46. The smallest absolute Gasteiger partial charge is 0.246 e. The number of carbonyl (C=O) groups is 1. The lowest BCUT2D eigenvalue weighted by Crippen LogP contribution is -2.47. The first-order valence-electron chi connectivity index (χ1n) is 9.82. The molecule has 0 saturated carbocycles. The largest absolute Gasteiger partial charge is 0.488 e. The number of nitrogens with zero attached hydrogens (tertiary/aromatic N) is 2. The topological polar surface area (TPSA) is 66.0 Å². The number of anilines is 1. The van der Waals surface area contributed by atoms with Crippen molar-refractivity contribution in [1.82, 2.24) is 10.6 Å². The molecule has 2 heterocycles. The van der Waals surface area contributed by atoms with Gasteiger partial charge in [0.2, 0.25) is 5.91 Å². The summed E-state index contributed by atoms with van der Waals surface area (Å²) in [5.74, 6) is 1.62. The van der Waals surface area contributed by atoms with E-state index < -0.39 is 0 Å². The number of guanidine groups is 1. The molecule has 1 amide bonds. The van der Waals surface area contributed by atoms with Gasteiger partial charge in [-0.25, -0.2) is 0 Å². The predicted octanol–water partition coefficient (Wildman–Crippen LogP) is 2.13. The van der Waals surface area contributed by atoms with Gasteiger partial charge in [-0.2, -0.15) is 0 Å². The molecule has 0 aliphatic carbocycles. The third-order valence-electron chi connectivity index (χ3n) is 5.25. The van der Waals surface area contributed by atoms with Crippen molar-refractivity contribution in [3.8, 4) is 5.75 Å². The molecule has 0 bridgehead atoms. The van der Waals surface area contributed by atoms with Gasteiger partial charge in [0, 0.05) is 25.7 Å². The second-order valence-corrected chi connectivity index (χ2v) is 7.14. The molecule has 146 valence electrons. The van der Waals surface area contributed by atoms with Crippen molar-refractivity contribution in [3.05, 3.63) is 59.7 Å². The highest BCUT2D eigenvalue weighted by Gasteiger charge is 2.24. The number of ether oxygens (including phenoxy) is 1. The Morgan fingerprint density at radius 2 is 1.93 bits per heavy atom. The van der Waals surface area contributed by atoms with E-state index in [-0.39, 0.29) is 18.6 Å². The van der Waals surface area contributed by atoms with Crippen molar-refractivity contribution in [2.24, 2.45) is 4.99 Å². The number of nitrogens with one attached hydrogen (secondary N) is 2. The van der Waals surface area contributed by atoms with Crippen molar-refractivity contribution >= 4 is 17.6 Å². The Balaban J connectivity index is 1.28. The molecule has 6 heteroatoms. The minimum absolute atomic E-state index is 0.0552. The zero-order chi connectivity index (χ0) is 19.3. The number of aryl methyl sites for hydroxylation is 1. The van der Waals surface area contributed by atoms with Gasteiger partial charge in [0.1, 0.15) is 11.9 Å². The van der Waals surface area contributed by atoms with Crippen LogP contribution in [0.3, 0.4) is 0 Å². The quantitative estimate of drug-likeness (QED) is 0.632. The molecule has 0 aromatic heterocycles. The fraction of sp³-hybridized carbons (Fsp3) is 0.364. The summed E-state index contributed by atoms with van der Waals surface area (Å²) in [6, 6.07) is 16.2. The number of hydrogen-bond acceptors (Lipinski definition) is 3. The van der Waals surface area contributed by atoms with Gasteiger partial charge in [0.15, 0.2) is 5.96 Å². The molecular formula is C22H26N4O2. The van der Waals surface area contributed by atoms with Gasteiger partial charge in [0.25, 0.3) is 0 Å². The van der Waals surface area contributed by atoms with Crippen LogP contribution in [0.25, 0.3) is 0 Å². The molecule has 0 radical (unpaired) electrons. The van der Waals surface area contributed by atoms with E-state index in [9.17, 15) is 4.79 Å². The Hall–Kier alpha value is -3.02. The molecule has 0 saturated heterocycles. The van der Waals surface area contributed by atoms with E-state index in [2.05, 4.69) is 27.8 Å². The van der Waals surface area contributed by atoms with Gasteiger partial charge in [-0.15, -0.1) is 0 Å². The summed E-state index contributed by atoms with van der Waals surface area (Å²) < 4.78 is 5.94. The summed E-state index contributed by atoms with van der Waals surface area (Å²) in [5, 5.41) is 6.40. The molecule has 2 aromatic carbocycles. The van der Waals surface area contributed by atoms with Crippen LogP contribution in [0.1, 0.15) is 17.5 Å². The lowest BCUT2D eigenvalue weighted by molar-refractivity contribution is -0.117. The molecule has 28 heavy (non-hydrogen) atoms. The zero-order valence-corrected chi connectivity index (χ0v) is 16.1. The fourth-order valence-corrected chi connectivity index (χ4v) is 3.85. The fourth-order valence-electron chi connectivity index (χ4n) is 3.85. The lowest BCUT2D eigenvalue weighted by atomic mass is 10.0. The van der Waals surface area contributed by atoms with Crippen LogP contribution in [-0.4, -0.2) is 44.7 Å². The first kappa shape index (κ1) is 18.3. The van der Waals surface area contributed by atoms with E-state index in [0.717, 1.165) is 37.2 Å². The lowest BCUT2D eigenvalue weighted by Gasteiger charge is -2.29. The van der Waals surface area contributed by atoms with Crippen molar-refractivity contribution in [2.45, 2.75) is 25.4 Å². The number of rotatable bonds is 4. The monoisotopic (exact) mass is 378 g/mol. The SMILES string of the molecule is CN=C(NCC(=O)N1CCCc2ccccc21)NCC1Cc2ccccc2O1. The summed E-state index contributed by atoms with van der Waals surface area (Å²) in [4.78, 5) is 18.8. The van der Waals surface area contributed by atoms with Gasteiger partial charge >= 0.3 is 0 Å². The third kappa shape index (κ3) is 3.96. The number of aliphatic imine (C=N–C) groups is 1. The maximum atomic E-state index is 12.7. The van der Waals surface area contributed by atoms with Crippen molar-refractivity contribution in [3.63, 3.8) is 0 Å². The van der Waals surface area contributed by atoms with E-state index in [1.165, 1.54) is 11.1 Å². The normalized spacial score (nSPS) is 18.1. The molecule has 1 unspecified atom stereocenters. The molecule has 0 fully saturated rings. The highest BCUT2D eigenvalue weighted by Crippen LogP contribution is 2.28. The minimum Gasteiger partial charge on any atom is -0.488 e. The Bertz CT molecular complexity index is 855. The number of fused-ring (bicyclic) bond motifs is 2. The standard InChI is InChI=1S/C22H26N4O2/c1-23-22(24-14-18-13-17-8-3-5-11-20(17)28-18)25-15-21(27)26-12-6-9-16-7-2-4-10-19(16)26/h2-5,7-8,10-11,18H,6,9,12-15H2,1H3,(H2,23,24,25). The molecule has 1 atom stereocenters.